The van der Waals surface area contributed by atoms with Gasteiger partial charge in [0.1, 0.15) is 5.70 Å². The zero-order valence-electron chi connectivity index (χ0n) is 4.20. The second kappa shape index (κ2) is 2.13. The first-order valence-electron chi connectivity index (χ1n) is 2.13. The van der Waals surface area contributed by atoms with E-state index in [1.54, 1.807) is 0 Å². The SMILES string of the molecule is FC(F)(F)C1=C[CH]SN1. The van der Waals surface area contributed by atoms with Crippen molar-refractivity contribution in [1.29, 1.82) is 0 Å². The highest BCUT2D eigenvalue weighted by molar-refractivity contribution is 7.99. The Bertz CT molecular complexity index is 139. The molecule has 1 aliphatic heterocycles. The minimum atomic E-state index is -4.22. The smallest absolute Gasteiger partial charge is 0.325 e. The number of allylic oxidation sites excluding steroid dienone is 1. The molecule has 1 N–H and O–H groups in total. The van der Waals surface area contributed by atoms with E-state index in [9.17, 15) is 13.2 Å². The van der Waals surface area contributed by atoms with Crippen LogP contribution in [0.2, 0.25) is 0 Å². The van der Waals surface area contributed by atoms with Crippen molar-refractivity contribution in [3.63, 3.8) is 0 Å². The molecule has 0 amide bonds. The normalized spacial score (nSPS) is 19.2. The fourth-order valence-electron chi connectivity index (χ4n) is 0.386. The largest absolute Gasteiger partial charge is 0.431 e. The summed E-state index contributed by atoms with van der Waals surface area (Å²) in [6.07, 6.45) is -3.22. The van der Waals surface area contributed by atoms with Crippen LogP contribution in [0.1, 0.15) is 0 Å². The van der Waals surface area contributed by atoms with Crippen LogP contribution in [0.4, 0.5) is 13.2 Å². The molecule has 0 aromatic rings. The van der Waals surface area contributed by atoms with Crippen molar-refractivity contribution in [2.45, 2.75) is 6.18 Å². The third-order valence-electron chi connectivity index (χ3n) is 0.777. The maximum atomic E-state index is 11.6. The van der Waals surface area contributed by atoms with E-state index in [0.29, 0.717) is 0 Å². The molecule has 1 nitrogen and oxygen atoms in total. The van der Waals surface area contributed by atoms with Crippen molar-refractivity contribution in [3.05, 3.63) is 17.5 Å². The molecule has 9 heavy (non-hydrogen) atoms. The first-order valence-corrected chi connectivity index (χ1v) is 3.01. The zero-order valence-corrected chi connectivity index (χ0v) is 5.01. The molecule has 0 atom stereocenters. The number of hydrogen-bond acceptors (Lipinski definition) is 2. The van der Waals surface area contributed by atoms with Crippen LogP contribution in [0.25, 0.3) is 0 Å². The number of alkyl halides is 3. The standard InChI is InChI=1S/C4H3F3NS/c5-4(6,7)3-1-2-9-8-3/h1-2,8H. The Balaban J connectivity index is 2.61. The number of rotatable bonds is 0. The Hall–Kier alpha value is -0.320. The molecule has 51 valence electrons. The molecule has 0 spiro atoms. The highest BCUT2D eigenvalue weighted by atomic mass is 32.2. The molecule has 0 unspecified atom stereocenters. The van der Waals surface area contributed by atoms with E-state index in [1.165, 1.54) is 5.75 Å². The minimum Gasteiger partial charge on any atom is -0.325 e. The zero-order chi connectivity index (χ0) is 6.91. The minimum absolute atomic E-state index is 0.688. The molecule has 0 saturated carbocycles. The Morgan fingerprint density at radius 2 is 2.11 bits per heavy atom. The second-order valence-corrected chi connectivity index (χ2v) is 2.15. The first kappa shape index (κ1) is 6.80. The topological polar surface area (TPSA) is 12.0 Å². The van der Waals surface area contributed by atoms with Crippen LogP contribution < -0.4 is 4.72 Å². The average Bonchev–Trinajstić information content (AvgIpc) is 2.08. The van der Waals surface area contributed by atoms with E-state index < -0.39 is 11.9 Å². The van der Waals surface area contributed by atoms with Gasteiger partial charge in [0.15, 0.2) is 0 Å². The van der Waals surface area contributed by atoms with Gasteiger partial charge in [0, 0.05) is 0 Å². The first-order chi connectivity index (χ1) is 4.11. The summed E-state index contributed by atoms with van der Waals surface area (Å²) < 4.78 is 36.9. The van der Waals surface area contributed by atoms with E-state index in [0.717, 1.165) is 18.0 Å². The van der Waals surface area contributed by atoms with Crippen molar-refractivity contribution >= 4 is 11.9 Å². The highest BCUT2D eigenvalue weighted by Crippen LogP contribution is 2.29. The maximum Gasteiger partial charge on any atom is 0.431 e. The van der Waals surface area contributed by atoms with E-state index in [-0.39, 0.29) is 0 Å². The third-order valence-corrected chi connectivity index (χ3v) is 1.39. The van der Waals surface area contributed by atoms with Gasteiger partial charge in [-0.15, -0.1) is 0 Å². The van der Waals surface area contributed by atoms with Gasteiger partial charge in [0.05, 0.1) is 5.75 Å². The molecule has 0 aromatic carbocycles. The van der Waals surface area contributed by atoms with Gasteiger partial charge in [0.25, 0.3) is 0 Å². The molecule has 0 saturated heterocycles. The van der Waals surface area contributed by atoms with Gasteiger partial charge in [-0.05, 0) is 18.0 Å². The van der Waals surface area contributed by atoms with Gasteiger partial charge in [-0.1, -0.05) is 0 Å². The number of halogens is 3. The summed E-state index contributed by atoms with van der Waals surface area (Å²) in [7, 11) is 0. The van der Waals surface area contributed by atoms with Crippen LogP contribution in [0.3, 0.4) is 0 Å². The Labute approximate surface area is 54.4 Å². The predicted octanol–water partition coefficient (Wildman–Crippen LogP) is 1.85. The van der Waals surface area contributed by atoms with E-state index in [1.807, 2.05) is 0 Å². The molecule has 0 aliphatic carbocycles. The molecule has 1 rings (SSSR count). The second-order valence-electron chi connectivity index (χ2n) is 1.43. The predicted molar refractivity (Wildman–Crippen MR) is 29.2 cm³/mol. The fraction of sp³-hybridized carbons (Fsp3) is 0.250. The lowest BCUT2D eigenvalue weighted by molar-refractivity contribution is -0.0939. The van der Waals surface area contributed by atoms with E-state index >= 15 is 0 Å². The van der Waals surface area contributed by atoms with Crippen molar-refractivity contribution in [2.24, 2.45) is 0 Å². The molecule has 0 fully saturated rings. The Kier molecular flexibility index (Phi) is 1.61. The average molecular weight is 154 g/mol. The molecule has 0 bridgehead atoms. The summed E-state index contributed by atoms with van der Waals surface area (Å²) in [5.41, 5.74) is -0.688. The van der Waals surface area contributed by atoms with Crippen LogP contribution in [0.5, 0.6) is 0 Å². The van der Waals surface area contributed by atoms with Crippen molar-refractivity contribution in [3.8, 4) is 0 Å². The highest BCUT2D eigenvalue weighted by Gasteiger charge is 2.35. The molecular formula is C4H3F3NS. The lowest BCUT2D eigenvalue weighted by Gasteiger charge is -2.05. The molecule has 5 heteroatoms. The quantitative estimate of drug-likeness (QED) is 0.534. The van der Waals surface area contributed by atoms with Gasteiger partial charge in [-0.2, -0.15) is 13.2 Å². The van der Waals surface area contributed by atoms with Crippen molar-refractivity contribution in [1.82, 2.24) is 4.72 Å². The molecule has 0 aromatic heterocycles. The lowest BCUT2D eigenvalue weighted by atomic mass is 10.4. The van der Waals surface area contributed by atoms with Gasteiger partial charge < -0.3 is 4.72 Å². The van der Waals surface area contributed by atoms with Gasteiger partial charge in [-0.3, -0.25) is 0 Å². The van der Waals surface area contributed by atoms with Gasteiger partial charge in [-0.25, -0.2) is 0 Å². The van der Waals surface area contributed by atoms with Crippen molar-refractivity contribution < 1.29 is 13.2 Å². The Morgan fingerprint density at radius 1 is 1.44 bits per heavy atom. The summed E-state index contributed by atoms with van der Waals surface area (Å²) in [5, 5.41) is 0. The summed E-state index contributed by atoms with van der Waals surface area (Å²) in [6.45, 7) is 0. The summed E-state index contributed by atoms with van der Waals surface area (Å²) in [4.78, 5) is 0. The van der Waals surface area contributed by atoms with Crippen LogP contribution in [0, 0.1) is 5.75 Å². The van der Waals surface area contributed by atoms with Crippen molar-refractivity contribution in [2.75, 3.05) is 0 Å². The monoisotopic (exact) mass is 154 g/mol. The van der Waals surface area contributed by atoms with Crippen LogP contribution in [0.15, 0.2) is 11.8 Å². The number of nitrogens with one attached hydrogen (secondary N) is 1. The van der Waals surface area contributed by atoms with Gasteiger partial charge >= 0.3 is 6.18 Å². The molecule has 1 heterocycles. The maximum absolute atomic E-state index is 11.6. The molecule has 1 radical (unpaired) electrons. The van der Waals surface area contributed by atoms with Crippen LogP contribution in [-0.2, 0) is 0 Å². The summed E-state index contributed by atoms with van der Waals surface area (Å²) in [6, 6.07) is 0. The number of hydrogen-bond donors (Lipinski definition) is 1. The summed E-state index contributed by atoms with van der Waals surface area (Å²) >= 11 is 0.921. The molecular weight excluding hydrogens is 151 g/mol. The van der Waals surface area contributed by atoms with E-state index in [4.69, 9.17) is 0 Å². The van der Waals surface area contributed by atoms with Crippen LogP contribution >= 0.6 is 11.9 Å². The third kappa shape index (κ3) is 1.54. The van der Waals surface area contributed by atoms with Crippen LogP contribution in [-0.4, -0.2) is 6.18 Å². The summed E-state index contributed by atoms with van der Waals surface area (Å²) in [5.74, 6) is 1.35. The Morgan fingerprint density at radius 3 is 2.33 bits per heavy atom. The fourth-order valence-corrected chi connectivity index (χ4v) is 0.969. The van der Waals surface area contributed by atoms with Gasteiger partial charge in [0.2, 0.25) is 0 Å². The molecule has 1 aliphatic rings. The van der Waals surface area contributed by atoms with E-state index in [2.05, 4.69) is 4.72 Å². The lowest BCUT2D eigenvalue weighted by Crippen LogP contribution is -2.18.